The molecule has 5 nitrogen and oxygen atoms in total. The van der Waals surface area contributed by atoms with Crippen LogP contribution in [0.3, 0.4) is 0 Å². The molecule has 5 heteroatoms. The van der Waals surface area contributed by atoms with Gasteiger partial charge in [0, 0.05) is 18.5 Å². The quantitative estimate of drug-likeness (QED) is 0.759. The average Bonchev–Trinajstić information content (AvgIpc) is 2.62. The minimum atomic E-state index is -0.230. The highest BCUT2D eigenvalue weighted by Crippen LogP contribution is 2.32. The lowest BCUT2D eigenvalue weighted by molar-refractivity contribution is 0.145. The minimum absolute atomic E-state index is 0.174. The summed E-state index contributed by atoms with van der Waals surface area (Å²) in [4.78, 5) is 11.6. The number of para-hydroxylation sites is 2. The lowest BCUT2D eigenvalue weighted by atomic mass is 10.1. The molecule has 122 valence electrons. The summed E-state index contributed by atoms with van der Waals surface area (Å²) in [6, 6.07) is 15.0. The maximum atomic E-state index is 10.1. The van der Waals surface area contributed by atoms with Gasteiger partial charge in [0.1, 0.15) is 11.6 Å². The Kier molecular flexibility index (Phi) is 3.78. The number of hydrogen-bond donors (Lipinski definition) is 2. The van der Waals surface area contributed by atoms with E-state index in [1.165, 1.54) is 0 Å². The normalized spacial score (nSPS) is 15.8. The Morgan fingerprint density at radius 1 is 0.917 bits per heavy atom. The molecule has 4 rings (SSSR count). The molecular weight excluding hydrogens is 302 g/mol. The van der Waals surface area contributed by atoms with Crippen LogP contribution in [-0.2, 0) is 0 Å². The van der Waals surface area contributed by atoms with Crippen molar-refractivity contribution in [1.29, 1.82) is 0 Å². The summed E-state index contributed by atoms with van der Waals surface area (Å²) in [6.07, 6.45) is 1.25. The van der Waals surface area contributed by atoms with E-state index in [9.17, 15) is 10.2 Å². The maximum absolute atomic E-state index is 10.1. The third-order valence-corrected chi connectivity index (χ3v) is 4.49. The molecular formula is C19H19N3O2. The van der Waals surface area contributed by atoms with E-state index in [0.29, 0.717) is 11.4 Å². The topological polar surface area (TPSA) is 69.5 Å². The number of phenols is 1. The molecule has 1 aliphatic rings. The molecule has 0 atom stereocenters. The zero-order valence-corrected chi connectivity index (χ0v) is 13.3. The third-order valence-electron chi connectivity index (χ3n) is 4.49. The summed E-state index contributed by atoms with van der Waals surface area (Å²) in [7, 11) is 0. The number of fused-ring (bicyclic) bond motifs is 1. The van der Waals surface area contributed by atoms with Crippen LogP contribution in [0.15, 0.2) is 48.5 Å². The lowest BCUT2D eigenvalue weighted by Gasteiger charge is -2.31. The molecule has 1 saturated heterocycles. The van der Waals surface area contributed by atoms with Crippen molar-refractivity contribution >= 4 is 16.7 Å². The van der Waals surface area contributed by atoms with Gasteiger partial charge in [0.05, 0.1) is 17.2 Å². The van der Waals surface area contributed by atoms with Crippen LogP contribution >= 0.6 is 0 Å². The average molecular weight is 321 g/mol. The number of hydrogen-bond acceptors (Lipinski definition) is 5. The Morgan fingerprint density at radius 3 is 2.42 bits per heavy atom. The van der Waals surface area contributed by atoms with E-state index in [-0.39, 0.29) is 11.9 Å². The fraction of sp³-hybridized carbons (Fsp3) is 0.263. The summed E-state index contributed by atoms with van der Waals surface area (Å²) in [5.41, 5.74) is 1.48. The largest absolute Gasteiger partial charge is 0.507 e. The number of piperidine rings is 1. The van der Waals surface area contributed by atoms with E-state index in [2.05, 4.69) is 9.88 Å². The second kappa shape index (κ2) is 6.09. The summed E-state index contributed by atoms with van der Waals surface area (Å²) < 4.78 is 0. The number of aliphatic hydroxyl groups is 1. The Hall–Kier alpha value is -2.66. The first-order valence-electron chi connectivity index (χ1n) is 8.20. The summed E-state index contributed by atoms with van der Waals surface area (Å²) in [5, 5.41) is 20.9. The van der Waals surface area contributed by atoms with Crippen molar-refractivity contribution in [3.05, 3.63) is 48.5 Å². The number of aromatic nitrogens is 2. The number of phenolic OH excluding ortho intramolecular Hbond substituents is 1. The SMILES string of the molecule is Oc1ccccc1-c1nc(N2CCC(O)CC2)c2ccccc2n1. The third kappa shape index (κ3) is 2.67. The molecule has 1 fully saturated rings. The van der Waals surface area contributed by atoms with Gasteiger partial charge in [-0.25, -0.2) is 9.97 Å². The van der Waals surface area contributed by atoms with Crippen LogP contribution in [0.5, 0.6) is 5.75 Å². The Labute approximate surface area is 140 Å². The standard InChI is InChI=1S/C19H19N3O2/c23-13-9-11-22(12-10-13)19-14-5-1-3-7-16(14)20-18(21-19)15-6-2-4-8-17(15)24/h1-8,13,23-24H,9-12H2. The van der Waals surface area contributed by atoms with Gasteiger partial charge in [-0.05, 0) is 37.1 Å². The molecule has 24 heavy (non-hydrogen) atoms. The first-order chi connectivity index (χ1) is 11.7. The summed E-state index contributed by atoms with van der Waals surface area (Å²) >= 11 is 0. The predicted molar refractivity (Wildman–Crippen MR) is 94.1 cm³/mol. The fourth-order valence-electron chi connectivity index (χ4n) is 3.16. The molecule has 2 N–H and O–H groups in total. The number of benzene rings is 2. The molecule has 1 aliphatic heterocycles. The van der Waals surface area contributed by atoms with Gasteiger partial charge in [-0.15, -0.1) is 0 Å². The van der Waals surface area contributed by atoms with Crippen LogP contribution in [0.2, 0.25) is 0 Å². The molecule has 0 unspecified atom stereocenters. The van der Waals surface area contributed by atoms with Gasteiger partial charge < -0.3 is 15.1 Å². The maximum Gasteiger partial charge on any atom is 0.165 e. The van der Waals surface area contributed by atoms with Crippen molar-refractivity contribution in [1.82, 2.24) is 9.97 Å². The molecule has 1 aromatic heterocycles. The van der Waals surface area contributed by atoms with E-state index in [4.69, 9.17) is 4.98 Å². The van der Waals surface area contributed by atoms with E-state index in [0.717, 1.165) is 42.7 Å². The van der Waals surface area contributed by atoms with Gasteiger partial charge in [-0.1, -0.05) is 24.3 Å². The van der Waals surface area contributed by atoms with E-state index < -0.39 is 0 Å². The molecule has 0 radical (unpaired) electrons. The second-order valence-electron chi connectivity index (χ2n) is 6.12. The van der Waals surface area contributed by atoms with Gasteiger partial charge in [0.2, 0.25) is 0 Å². The van der Waals surface area contributed by atoms with Crippen LogP contribution in [0.1, 0.15) is 12.8 Å². The van der Waals surface area contributed by atoms with Crippen LogP contribution in [0.25, 0.3) is 22.3 Å². The zero-order valence-electron chi connectivity index (χ0n) is 13.3. The number of rotatable bonds is 2. The molecule has 0 saturated carbocycles. The van der Waals surface area contributed by atoms with Crippen molar-refractivity contribution in [2.45, 2.75) is 18.9 Å². The van der Waals surface area contributed by atoms with Gasteiger partial charge in [-0.3, -0.25) is 0 Å². The Bertz CT molecular complexity index is 873. The smallest absolute Gasteiger partial charge is 0.165 e. The summed E-state index contributed by atoms with van der Waals surface area (Å²) in [5.74, 6) is 1.56. The second-order valence-corrected chi connectivity index (χ2v) is 6.12. The number of aliphatic hydroxyl groups excluding tert-OH is 1. The van der Waals surface area contributed by atoms with Gasteiger partial charge in [0.15, 0.2) is 5.82 Å². The van der Waals surface area contributed by atoms with E-state index in [1.54, 1.807) is 12.1 Å². The number of aromatic hydroxyl groups is 1. The molecule has 0 aliphatic carbocycles. The van der Waals surface area contributed by atoms with Gasteiger partial charge in [0.25, 0.3) is 0 Å². The van der Waals surface area contributed by atoms with Crippen molar-refractivity contribution in [2.75, 3.05) is 18.0 Å². The zero-order chi connectivity index (χ0) is 16.5. The first kappa shape index (κ1) is 14.9. The van der Waals surface area contributed by atoms with E-state index >= 15 is 0 Å². The van der Waals surface area contributed by atoms with Crippen LogP contribution in [0.4, 0.5) is 5.82 Å². The Balaban J connectivity index is 1.87. The highest BCUT2D eigenvalue weighted by molar-refractivity contribution is 5.91. The van der Waals surface area contributed by atoms with Crippen LogP contribution in [-0.4, -0.2) is 39.4 Å². The summed E-state index contributed by atoms with van der Waals surface area (Å²) in [6.45, 7) is 1.53. The number of anilines is 1. The minimum Gasteiger partial charge on any atom is -0.507 e. The monoisotopic (exact) mass is 321 g/mol. The molecule has 2 heterocycles. The van der Waals surface area contributed by atoms with E-state index in [1.807, 2.05) is 36.4 Å². The highest BCUT2D eigenvalue weighted by atomic mass is 16.3. The van der Waals surface area contributed by atoms with Crippen molar-refractivity contribution < 1.29 is 10.2 Å². The lowest BCUT2D eigenvalue weighted by Crippen LogP contribution is -2.36. The molecule has 0 bridgehead atoms. The molecule has 0 spiro atoms. The van der Waals surface area contributed by atoms with Gasteiger partial charge in [-0.2, -0.15) is 0 Å². The molecule has 0 amide bonds. The number of nitrogens with zero attached hydrogens (tertiary/aromatic N) is 3. The van der Waals surface area contributed by atoms with Crippen molar-refractivity contribution in [3.8, 4) is 17.1 Å². The Morgan fingerprint density at radius 2 is 1.62 bits per heavy atom. The van der Waals surface area contributed by atoms with Crippen molar-refractivity contribution in [3.63, 3.8) is 0 Å². The van der Waals surface area contributed by atoms with Crippen molar-refractivity contribution in [2.24, 2.45) is 0 Å². The van der Waals surface area contributed by atoms with Crippen LogP contribution < -0.4 is 4.90 Å². The first-order valence-corrected chi connectivity index (χ1v) is 8.20. The van der Waals surface area contributed by atoms with Gasteiger partial charge >= 0.3 is 0 Å². The predicted octanol–water partition coefficient (Wildman–Crippen LogP) is 2.96. The van der Waals surface area contributed by atoms with Crippen LogP contribution in [0, 0.1) is 0 Å². The molecule has 2 aromatic carbocycles. The molecule has 3 aromatic rings. The fourth-order valence-corrected chi connectivity index (χ4v) is 3.16. The highest BCUT2D eigenvalue weighted by Gasteiger charge is 2.21.